The Labute approximate surface area is 172 Å². The van der Waals surface area contributed by atoms with Crippen LogP contribution < -0.4 is 4.72 Å². The molecule has 0 atom stereocenters. The van der Waals surface area contributed by atoms with Crippen molar-refractivity contribution in [2.45, 2.75) is 18.9 Å². The summed E-state index contributed by atoms with van der Waals surface area (Å²) in [5, 5.41) is -0.428. The first-order valence-corrected chi connectivity index (χ1v) is 10.1. The minimum Gasteiger partial charge on any atom is -0.464 e. The zero-order valence-corrected chi connectivity index (χ0v) is 17.2. The molecule has 0 bridgehead atoms. The number of aryl methyl sites for hydroxylation is 2. The molecule has 2 aromatic heterocycles. The summed E-state index contributed by atoms with van der Waals surface area (Å²) in [6.07, 6.45) is 2.09. The number of hydrogen-bond donors (Lipinski definition) is 1. The first-order valence-electron chi connectivity index (χ1n) is 8.25. The molecule has 0 amide bonds. The number of rotatable bonds is 5. The number of nitrogens with zero attached hydrogens (tertiary/aromatic N) is 4. The highest BCUT2D eigenvalue weighted by Crippen LogP contribution is 2.28. The van der Waals surface area contributed by atoms with Gasteiger partial charge in [0.25, 0.3) is 10.0 Å². The molecule has 0 spiro atoms. The van der Waals surface area contributed by atoms with E-state index in [-0.39, 0.29) is 16.8 Å². The average molecular weight is 434 g/mol. The number of carbonyl (C=O) groups is 1. The summed E-state index contributed by atoms with van der Waals surface area (Å²) in [6, 6.07) is 7.28. The SMILES string of the molecule is COC(=O)c1cncc(S(=O)(=O)Nc2nc(Cl)cc(-c3c(C)cccc3C)n2)n1. The smallest absolute Gasteiger partial charge is 0.358 e. The monoisotopic (exact) mass is 433 g/mol. The van der Waals surface area contributed by atoms with Crippen molar-refractivity contribution in [3.05, 3.63) is 58.6 Å². The maximum absolute atomic E-state index is 12.7. The second-order valence-corrected chi connectivity index (χ2v) is 8.02. The zero-order chi connectivity index (χ0) is 21.2. The van der Waals surface area contributed by atoms with Crippen molar-refractivity contribution in [2.24, 2.45) is 0 Å². The quantitative estimate of drug-likeness (QED) is 0.481. The molecule has 0 aliphatic heterocycles. The lowest BCUT2D eigenvalue weighted by Crippen LogP contribution is -2.18. The van der Waals surface area contributed by atoms with Crippen LogP contribution in [0, 0.1) is 13.8 Å². The lowest BCUT2D eigenvalue weighted by atomic mass is 10.00. The summed E-state index contributed by atoms with van der Waals surface area (Å²) in [6.45, 7) is 3.83. The maximum Gasteiger partial charge on any atom is 0.358 e. The van der Waals surface area contributed by atoms with Crippen molar-refractivity contribution in [3.63, 3.8) is 0 Å². The summed E-state index contributed by atoms with van der Waals surface area (Å²) in [5.41, 5.74) is 2.94. The number of halogens is 1. The molecule has 0 saturated heterocycles. The van der Waals surface area contributed by atoms with Gasteiger partial charge in [0.2, 0.25) is 5.95 Å². The molecule has 11 heteroatoms. The van der Waals surface area contributed by atoms with Gasteiger partial charge in [-0.1, -0.05) is 29.8 Å². The lowest BCUT2D eigenvalue weighted by molar-refractivity contribution is 0.0592. The molecule has 1 N–H and O–H groups in total. The van der Waals surface area contributed by atoms with E-state index in [9.17, 15) is 13.2 Å². The molecule has 0 unspecified atom stereocenters. The average Bonchev–Trinajstić information content (AvgIpc) is 2.66. The van der Waals surface area contributed by atoms with E-state index in [4.69, 9.17) is 11.6 Å². The Morgan fingerprint density at radius 3 is 2.45 bits per heavy atom. The number of esters is 1. The first kappa shape index (κ1) is 20.6. The van der Waals surface area contributed by atoms with Crippen LogP contribution in [-0.4, -0.2) is 41.4 Å². The van der Waals surface area contributed by atoms with E-state index in [2.05, 4.69) is 29.4 Å². The second kappa shape index (κ2) is 8.10. The van der Waals surface area contributed by atoms with Crippen LogP contribution in [0.15, 0.2) is 41.7 Å². The Bertz CT molecular complexity index is 1180. The molecule has 1 aromatic carbocycles. The Morgan fingerprint density at radius 1 is 1.10 bits per heavy atom. The highest BCUT2D eigenvalue weighted by atomic mass is 35.5. The van der Waals surface area contributed by atoms with Crippen molar-refractivity contribution in [2.75, 3.05) is 11.8 Å². The lowest BCUT2D eigenvalue weighted by Gasteiger charge is -2.12. The molecule has 9 nitrogen and oxygen atoms in total. The summed E-state index contributed by atoms with van der Waals surface area (Å²) in [5.74, 6) is -1.05. The minimum absolute atomic E-state index is 0.0600. The number of benzene rings is 1. The normalized spacial score (nSPS) is 11.2. The third-order valence-electron chi connectivity index (χ3n) is 3.94. The predicted molar refractivity (Wildman–Crippen MR) is 106 cm³/mol. The van der Waals surface area contributed by atoms with Gasteiger partial charge in [0.15, 0.2) is 10.7 Å². The number of sulfonamides is 1. The van der Waals surface area contributed by atoms with E-state index in [1.54, 1.807) is 6.07 Å². The summed E-state index contributed by atoms with van der Waals surface area (Å²) in [4.78, 5) is 27.3. The topological polar surface area (TPSA) is 124 Å². The molecule has 150 valence electrons. The fourth-order valence-corrected chi connectivity index (χ4v) is 3.70. The Balaban J connectivity index is 2.00. The van der Waals surface area contributed by atoms with Gasteiger partial charge in [-0.15, -0.1) is 0 Å². The summed E-state index contributed by atoms with van der Waals surface area (Å²) >= 11 is 6.09. The largest absolute Gasteiger partial charge is 0.464 e. The van der Waals surface area contributed by atoms with Gasteiger partial charge >= 0.3 is 5.97 Å². The van der Waals surface area contributed by atoms with E-state index in [0.29, 0.717) is 5.69 Å². The maximum atomic E-state index is 12.7. The van der Waals surface area contributed by atoms with Crippen LogP contribution in [-0.2, 0) is 14.8 Å². The number of aromatic nitrogens is 4. The van der Waals surface area contributed by atoms with Gasteiger partial charge < -0.3 is 4.74 Å². The van der Waals surface area contributed by atoms with Crippen LogP contribution in [0.3, 0.4) is 0 Å². The Morgan fingerprint density at radius 2 is 1.79 bits per heavy atom. The van der Waals surface area contributed by atoms with E-state index >= 15 is 0 Å². The van der Waals surface area contributed by atoms with Crippen LogP contribution in [0.5, 0.6) is 0 Å². The van der Waals surface area contributed by atoms with Gasteiger partial charge in [-0.05, 0) is 25.0 Å². The number of ether oxygens (including phenoxy) is 1. The zero-order valence-electron chi connectivity index (χ0n) is 15.7. The minimum atomic E-state index is -4.23. The number of methoxy groups -OCH3 is 1. The fraction of sp³-hybridized carbons (Fsp3) is 0.167. The summed E-state index contributed by atoms with van der Waals surface area (Å²) in [7, 11) is -3.08. The van der Waals surface area contributed by atoms with Crippen molar-refractivity contribution in [1.29, 1.82) is 0 Å². The molecule has 0 aliphatic carbocycles. The van der Waals surface area contributed by atoms with Gasteiger partial charge in [0.1, 0.15) is 5.15 Å². The van der Waals surface area contributed by atoms with Crippen molar-refractivity contribution in [3.8, 4) is 11.3 Å². The van der Waals surface area contributed by atoms with Crippen LogP contribution in [0.2, 0.25) is 5.15 Å². The van der Waals surface area contributed by atoms with Crippen LogP contribution in [0.4, 0.5) is 5.95 Å². The molecule has 0 aliphatic rings. The Kier molecular flexibility index (Phi) is 5.76. The predicted octanol–water partition coefficient (Wildman–Crippen LogP) is 2.79. The van der Waals surface area contributed by atoms with Gasteiger partial charge in [0, 0.05) is 11.6 Å². The molecule has 29 heavy (non-hydrogen) atoms. The van der Waals surface area contributed by atoms with E-state index in [1.165, 1.54) is 0 Å². The standard InChI is InChI=1S/C18H16ClN5O4S/c1-10-5-4-6-11(2)16(10)12-7-14(19)23-18(22-12)24-29(26,27)15-9-20-8-13(21-15)17(25)28-3/h4-9H,1-3H3,(H,22,23,24). The van der Waals surface area contributed by atoms with Gasteiger partial charge in [0.05, 0.1) is 25.2 Å². The van der Waals surface area contributed by atoms with Gasteiger partial charge in [-0.2, -0.15) is 8.42 Å². The van der Waals surface area contributed by atoms with Crippen molar-refractivity contribution >= 4 is 33.5 Å². The molecule has 2 heterocycles. The van der Waals surface area contributed by atoms with Crippen LogP contribution in [0.25, 0.3) is 11.3 Å². The molecular formula is C18H16ClN5O4S. The second-order valence-electron chi connectivity index (χ2n) is 6.01. The van der Waals surface area contributed by atoms with Crippen LogP contribution >= 0.6 is 11.6 Å². The molecule has 0 fully saturated rings. The number of anilines is 1. The molecule has 3 rings (SSSR count). The molecule has 0 saturated carbocycles. The first-order chi connectivity index (χ1) is 13.7. The van der Waals surface area contributed by atoms with Crippen molar-refractivity contribution < 1.29 is 17.9 Å². The highest BCUT2D eigenvalue weighted by Gasteiger charge is 2.21. The highest BCUT2D eigenvalue weighted by molar-refractivity contribution is 7.92. The van der Waals surface area contributed by atoms with E-state index < -0.39 is 21.0 Å². The third kappa shape index (κ3) is 4.49. The number of carbonyl (C=O) groups excluding carboxylic acids is 1. The fourth-order valence-electron chi connectivity index (χ4n) is 2.66. The molecule has 0 radical (unpaired) electrons. The van der Waals surface area contributed by atoms with Crippen LogP contribution in [0.1, 0.15) is 21.6 Å². The number of nitrogens with one attached hydrogen (secondary N) is 1. The van der Waals surface area contributed by atoms with Gasteiger partial charge in [-0.3, -0.25) is 4.98 Å². The molecule has 3 aromatic rings. The molecular weight excluding hydrogens is 418 g/mol. The third-order valence-corrected chi connectivity index (χ3v) is 5.33. The Hall–Kier alpha value is -3.11. The number of hydrogen-bond acceptors (Lipinski definition) is 8. The van der Waals surface area contributed by atoms with Gasteiger partial charge in [-0.25, -0.2) is 24.5 Å². The van der Waals surface area contributed by atoms with E-state index in [0.717, 1.165) is 36.2 Å². The van der Waals surface area contributed by atoms with E-state index in [1.807, 2.05) is 32.0 Å². The van der Waals surface area contributed by atoms with Crippen molar-refractivity contribution in [1.82, 2.24) is 19.9 Å². The summed E-state index contributed by atoms with van der Waals surface area (Å²) < 4.78 is 32.1.